The number of thioether (sulfide) groups is 1. The number of carbonyl (C=O) groups excluding carboxylic acids is 1. The summed E-state index contributed by atoms with van der Waals surface area (Å²) < 4.78 is 0. The largest absolute Gasteiger partial charge is 0.348 e. The topological polar surface area (TPSA) is 54.0 Å². The fraction of sp³-hybridized carbons (Fsp3) is 0.500. The van der Waals surface area contributed by atoms with Crippen LogP contribution in [0.2, 0.25) is 0 Å². The zero-order valence-corrected chi connectivity index (χ0v) is 10.7. The highest BCUT2D eigenvalue weighted by Gasteiger charge is 2.22. The van der Waals surface area contributed by atoms with Crippen LogP contribution in [-0.4, -0.2) is 35.0 Å². The van der Waals surface area contributed by atoms with Gasteiger partial charge >= 0.3 is 0 Å². The monoisotopic (exact) mass is 251 g/mol. The number of hydrogen-bond donors (Lipinski definition) is 2. The van der Waals surface area contributed by atoms with Crippen LogP contribution in [0.5, 0.6) is 0 Å². The highest BCUT2D eigenvalue weighted by Crippen LogP contribution is 2.12. The van der Waals surface area contributed by atoms with E-state index in [4.69, 9.17) is 0 Å². The first-order chi connectivity index (χ1) is 8.27. The maximum Gasteiger partial charge on any atom is 0.238 e. The molecule has 2 N–H and O–H groups in total. The van der Waals surface area contributed by atoms with E-state index in [0.717, 1.165) is 23.6 Å². The minimum absolute atomic E-state index is 0.0271. The van der Waals surface area contributed by atoms with Gasteiger partial charge in [-0.05, 0) is 24.6 Å². The quantitative estimate of drug-likeness (QED) is 0.840. The van der Waals surface area contributed by atoms with Gasteiger partial charge in [-0.2, -0.15) is 11.8 Å². The maximum atomic E-state index is 12.0. The van der Waals surface area contributed by atoms with Crippen LogP contribution in [0.3, 0.4) is 0 Å². The predicted molar refractivity (Wildman–Crippen MR) is 69.9 cm³/mol. The molecule has 1 amide bonds. The SMILES string of the molecule is C[C@H](NC(=O)C1CSCCN1)c1ccncc1. The zero-order chi connectivity index (χ0) is 12.1. The Hall–Kier alpha value is -1.07. The first-order valence-corrected chi connectivity index (χ1v) is 6.94. The average Bonchev–Trinajstić information content (AvgIpc) is 2.40. The number of hydrogen-bond acceptors (Lipinski definition) is 4. The van der Waals surface area contributed by atoms with Crippen molar-refractivity contribution in [2.45, 2.75) is 19.0 Å². The number of rotatable bonds is 3. The molecule has 1 aromatic heterocycles. The van der Waals surface area contributed by atoms with Crippen LogP contribution in [0.15, 0.2) is 24.5 Å². The van der Waals surface area contributed by atoms with Crippen molar-refractivity contribution < 1.29 is 4.79 Å². The Morgan fingerprint density at radius 2 is 2.35 bits per heavy atom. The lowest BCUT2D eigenvalue weighted by molar-refractivity contribution is -0.123. The van der Waals surface area contributed by atoms with Crippen molar-refractivity contribution in [1.29, 1.82) is 0 Å². The lowest BCUT2D eigenvalue weighted by atomic mass is 10.1. The molecule has 4 nitrogen and oxygen atoms in total. The molecule has 1 aliphatic rings. The molecule has 17 heavy (non-hydrogen) atoms. The number of pyridine rings is 1. The molecule has 1 fully saturated rings. The fourth-order valence-electron chi connectivity index (χ4n) is 1.78. The maximum absolute atomic E-state index is 12.0. The number of nitrogens with zero attached hydrogens (tertiary/aromatic N) is 1. The summed E-state index contributed by atoms with van der Waals surface area (Å²) in [5, 5.41) is 6.25. The normalized spacial score (nSPS) is 21.8. The van der Waals surface area contributed by atoms with Crippen LogP contribution in [0.1, 0.15) is 18.5 Å². The lowest BCUT2D eigenvalue weighted by Gasteiger charge is -2.24. The molecular weight excluding hydrogens is 234 g/mol. The molecule has 1 aliphatic heterocycles. The molecule has 1 aromatic rings. The van der Waals surface area contributed by atoms with E-state index in [-0.39, 0.29) is 18.0 Å². The van der Waals surface area contributed by atoms with Crippen molar-refractivity contribution in [3.8, 4) is 0 Å². The van der Waals surface area contributed by atoms with Gasteiger partial charge in [0, 0.05) is 30.4 Å². The van der Waals surface area contributed by atoms with Gasteiger partial charge in [-0.25, -0.2) is 0 Å². The van der Waals surface area contributed by atoms with Gasteiger partial charge in [-0.3, -0.25) is 9.78 Å². The van der Waals surface area contributed by atoms with Crippen LogP contribution >= 0.6 is 11.8 Å². The van der Waals surface area contributed by atoms with Crippen molar-refractivity contribution in [3.05, 3.63) is 30.1 Å². The number of nitrogens with one attached hydrogen (secondary N) is 2. The highest BCUT2D eigenvalue weighted by atomic mass is 32.2. The molecule has 0 bridgehead atoms. The Morgan fingerprint density at radius 1 is 1.59 bits per heavy atom. The van der Waals surface area contributed by atoms with E-state index in [1.54, 1.807) is 12.4 Å². The molecule has 2 rings (SSSR count). The molecule has 5 heteroatoms. The number of aromatic nitrogens is 1. The van der Waals surface area contributed by atoms with E-state index in [1.807, 2.05) is 30.8 Å². The van der Waals surface area contributed by atoms with Gasteiger partial charge in [-0.15, -0.1) is 0 Å². The van der Waals surface area contributed by atoms with Gasteiger partial charge in [0.1, 0.15) is 0 Å². The Balaban J connectivity index is 1.89. The zero-order valence-electron chi connectivity index (χ0n) is 9.85. The third kappa shape index (κ3) is 3.44. The third-order valence-corrected chi connectivity index (χ3v) is 3.86. The lowest BCUT2D eigenvalue weighted by Crippen LogP contribution is -2.49. The number of carbonyl (C=O) groups is 1. The van der Waals surface area contributed by atoms with Gasteiger partial charge in [0.15, 0.2) is 0 Å². The first kappa shape index (κ1) is 12.4. The molecule has 1 saturated heterocycles. The van der Waals surface area contributed by atoms with E-state index in [9.17, 15) is 4.79 Å². The van der Waals surface area contributed by atoms with Gasteiger partial charge in [0.25, 0.3) is 0 Å². The Bertz CT molecular complexity index is 365. The van der Waals surface area contributed by atoms with E-state index >= 15 is 0 Å². The molecular formula is C12H17N3OS. The summed E-state index contributed by atoms with van der Waals surface area (Å²) in [5.74, 6) is 2.03. The highest BCUT2D eigenvalue weighted by molar-refractivity contribution is 7.99. The second-order valence-corrected chi connectivity index (χ2v) is 5.24. The first-order valence-electron chi connectivity index (χ1n) is 5.79. The van der Waals surface area contributed by atoms with Crippen LogP contribution in [0.25, 0.3) is 0 Å². The summed E-state index contributed by atoms with van der Waals surface area (Å²) in [5.41, 5.74) is 1.08. The molecule has 92 valence electrons. The molecule has 0 spiro atoms. The Kier molecular flexibility index (Phi) is 4.39. The molecule has 0 saturated carbocycles. The van der Waals surface area contributed by atoms with Gasteiger partial charge in [0.05, 0.1) is 12.1 Å². The summed E-state index contributed by atoms with van der Waals surface area (Å²) in [6.45, 7) is 2.90. The standard InChI is InChI=1S/C12H17N3OS/c1-9(10-2-4-13-5-3-10)15-12(16)11-8-17-7-6-14-11/h2-5,9,11,14H,6-8H2,1H3,(H,15,16)/t9-,11?/m0/s1. The second-order valence-electron chi connectivity index (χ2n) is 4.09. The molecule has 0 aromatic carbocycles. The second kappa shape index (κ2) is 6.02. The van der Waals surface area contributed by atoms with Crippen LogP contribution in [0.4, 0.5) is 0 Å². The summed E-state index contributed by atoms with van der Waals surface area (Å²) in [6, 6.07) is 3.82. The van der Waals surface area contributed by atoms with Crippen LogP contribution in [0, 0.1) is 0 Å². The van der Waals surface area contributed by atoms with Crippen LogP contribution in [-0.2, 0) is 4.79 Å². The van der Waals surface area contributed by atoms with E-state index in [2.05, 4.69) is 15.6 Å². The van der Waals surface area contributed by atoms with Crippen molar-refractivity contribution in [2.24, 2.45) is 0 Å². The average molecular weight is 251 g/mol. The molecule has 0 aliphatic carbocycles. The Morgan fingerprint density at radius 3 is 3.00 bits per heavy atom. The van der Waals surface area contributed by atoms with Crippen molar-refractivity contribution in [2.75, 3.05) is 18.1 Å². The summed E-state index contributed by atoms with van der Waals surface area (Å²) >= 11 is 1.82. The molecule has 1 unspecified atom stereocenters. The summed E-state index contributed by atoms with van der Waals surface area (Å²) in [7, 11) is 0. The minimum Gasteiger partial charge on any atom is -0.348 e. The summed E-state index contributed by atoms with van der Waals surface area (Å²) in [6.07, 6.45) is 3.49. The van der Waals surface area contributed by atoms with E-state index in [1.165, 1.54) is 0 Å². The van der Waals surface area contributed by atoms with Crippen molar-refractivity contribution in [1.82, 2.24) is 15.6 Å². The van der Waals surface area contributed by atoms with E-state index in [0.29, 0.717) is 0 Å². The summed E-state index contributed by atoms with van der Waals surface area (Å²) in [4.78, 5) is 15.9. The molecule has 2 atom stereocenters. The fourth-order valence-corrected chi connectivity index (χ4v) is 2.72. The Labute approximate surface area is 106 Å². The molecule has 2 heterocycles. The van der Waals surface area contributed by atoms with Crippen molar-refractivity contribution in [3.63, 3.8) is 0 Å². The smallest absolute Gasteiger partial charge is 0.238 e. The minimum atomic E-state index is -0.0574. The van der Waals surface area contributed by atoms with Crippen LogP contribution < -0.4 is 10.6 Å². The molecule has 0 radical (unpaired) electrons. The van der Waals surface area contributed by atoms with Gasteiger partial charge < -0.3 is 10.6 Å². The number of amides is 1. The predicted octanol–water partition coefficient (Wildman–Crippen LogP) is 0.964. The third-order valence-electron chi connectivity index (χ3n) is 2.80. The van der Waals surface area contributed by atoms with Gasteiger partial charge in [-0.1, -0.05) is 0 Å². The van der Waals surface area contributed by atoms with E-state index < -0.39 is 0 Å². The van der Waals surface area contributed by atoms with Crippen molar-refractivity contribution >= 4 is 17.7 Å². The van der Waals surface area contributed by atoms with Gasteiger partial charge in [0.2, 0.25) is 5.91 Å².